The summed E-state index contributed by atoms with van der Waals surface area (Å²) in [6, 6.07) is 66.3. The second kappa shape index (κ2) is 13.1. The summed E-state index contributed by atoms with van der Waals surface area (Å²) in [6.07, 6.45) is 0. The van der Waals surface area contributed by atoms with E-state index in [1.165, 1.54) is 47.6 Å². The quantitative estimate of drug-likeness (QED) is 0.174. The second-order valence-corrected chi connectivity index (χ2v) is 14.3. The third kappa shape index (κ3) is 5.76. The molecule has 0 radical (unpaired) electrons. The lowest BCUT2D eigenvalue weighted by Crippen LogP contribution is -2.00. The van der Waals surface area contributed by atoms with Crippen LogP contribution in [0.2, 0.25) is 0 Å². The molecule has 0 aliphatic heterocycles. The van der Waals surface area contributed by atoms with Gasteiger partial charge in [0.25, 0.3) is 0 Å². The zero-order chi connectivity index (χ0) is 35.1. The van der Waals surface area contributed by atoms with Crippen LogP contribution in [0.1, 0.15) is 0 Å². The molecule has 0 unspecified atom stereocenters. The van der Waals surface area contributed by atoms with Gasteiger partial charge in [-0.05, 0) is 62.4 Å². The molecule has 4 heteroatoms. The van der Waals surface area contributed by atoms with Crippen molar-refractivity contribution >= 4 is 42.3 Å². The Morgan fingerprint density at radius 3 is 1.57 bits per heavy atom. The van der Waals surface area contributed by atoms with Gasteiger partial charge in [-0.15, -0.1) is 11.3 Å². The maximum atomic E-state index is 5.06. The first-order valence-corrected chi connectivity index (χ1v) is 18.6. The third-order valence-electron chi connectivity index (χ3n) is 9.93. The van der Waals surface area contributed by atoms with Gasteiger partial charge in [-0.1, -0.05) is 170 Å². The second-order valence-electron chi connectivity index (χ2n) is 13.2. The van der Waals surface area contributed by atoms with Gasteiger partial charge in [0.15, 0.2) is 17.5 Å². The number of hydrogen-bond donors (Lipinski definition) is 0. The monoisotopic (exact) mass is 693 g/mol. The summed E-state index contributed by atoms with van der Waals surface area (Å²) in [5.74, 6) is 1.93. The lowest BCUT2D eigenvalue weighted by atomic mass is 9.95. The molecular formula is C49H31N3S. The molecule has 0 aliphatic rings. The highest BCUT2D eigenvalue weighted by atomic mass is 32.1. The summed E-state index contributed by atoms with van der Waals surface area (Å²) in [7, 11) is 0. The van der Waals surface area contributed by atoms with Gasteiger partial charge in [-0.2, -0.15) is 0 Å². The van der Waals surface area contributed by atoms with Crippen molar-refractivity contribution in [3.8, 4) is 67.5 Å². The van der Waals surface area contributed by atoms with Crippen LogP contribution in [0.4, 0.5) is 0 Å². The molecule has 0 bridgehead atoms. The van der Waals surface area contributed by atoms with Crippen molar-refractivity contribution in [3.05, 3.63) is 188 Å². The molecule has 10 aromatic rings. The van der Waals surface area contributed by atoms with Crippen molar-refractivity contribution in [1.82, 2.24) is 15.0 Å². The highest BCUT2D eigenvalue weighted by Gasteiger charge is 2.16. The van der Waals surface area contributed by atoms with Crippen molar-refractivity contribution in [2.45, 2.75) is 0 Å². The van der Waals surface area contributed by atoms with E-state index >= 15 is 0 Å². The fourth-order valence-corrected chi connectivity index (χ4v) is 8.56. The summed E-state index contributed by atoms with van der Waals surface area (Å²) in [5.41, 5.74) is 9.84. The van der Waals surface area contributed by atoms with E-state index < -0.39 is 0 Å². The number of benzene rings is 8. The van der Waals surface area contributed by atoms with Crippen LogP contribution in [0.5, 0.6) is 0 Å². The van der Waals surface area contributed by atoms with Gasteiger partial charge in [0, 0.05) is 36.9 Å². The lowest BCUT2D eigenvalue weighted by molar-refractivity contribution is 1.07. The molecule has 0 atom stereocenters. The van der Waals surface area contributed by atoms with E-state index in [-0.39, 0.29) is 0 Å². The topological polar surface area (TPSA) is 38.7 Å². The van der Waals surface area contributed by atoms with Crippen LogP contribution in [-0.4, -0.2) is 15.0 Å². The van der Waals surface area contributed by atoms with Gasteiger partial charge >= 0.3 is 0 Å². The Morgan fingerprint density at radius 2 is 0.830 bits per heavy atom. The number of hydrogen-bond acceptors (Lipinski definition) is 4. The average Bonchev–Trinajstić information content (AvgIpc) is 3.64. The molecule has 0 N–H and O–H groups in total. The molecule has 2 aromatic heterocycles. The molecule has 0 fully saturated rings. The molecular weight excluding hydrogens is 663 g/mol. The maximum absolute atomic E-state index is 5.06. The first kappa shape index (κ1) is 31.0. The number of rotatable bonds is 6. The van der Waals surface area contributed by atoms with Crippen molar-refractivity contribution in [1.29, 1.82) is 0 Å². The van der Waals surface area contributed by atoms with Gasteiger partial charge < -0.3 is 0 Å². The molecule has 2 heterocycles. The van der Waals surface area contributed by atoms with Gasteiger partial charge in [0.05, 0.1) is 0 Å². The molecule has 10 rings (SSSR count). The van der Waals surface area contributed by atoms with Crippen molar-refractivity contribution < 1.29 is 0 Å². The standard InChI is InChI=1S/C49H31N3S/c1-3-12-32(13-4-1)33-24-26-36(27-25-33)48-50-47(35-15-5-2-6-16-35)51-49(52-48)40-20-10-18-38(31-40)37-17-9-19-39(30-37)41-22-11-23-44-45(41)43-29-28-34-14-7-8-21-42(34)46(43)53-44/h1-31H. The van der Waals surface area contributed by atoms with Crippen LogP contribution in [0.15, 0.2) is 188 Å². The molecule has 0 saturated heterocycles. The van der Waals surface area contributed by atoms with Gasteiger partial charge in [0.2, 0.25) is 0 Å². The van der Waals surface area contributed by atoms with Crippen LogP contribution >= 0.6 is 11.3 Å². The minimum atomic E-state index is 0.640. The summed E-state index contributed by atoms with van der Waals surface area (Å²) in [6.45, 7) is 0. The number of fused-ring (bicyclic) bond motifs is 5. The highest BCUT2D eigenvalue weighted by Crippen LogP contribution is 2.43. The van der Waals surface area contributed by atoms with Gasteiger partial charge in [0.1, 0.15) is 0 Å². The normalized spacial score (nSPS) is 11.4. The molecule has 248 valence electrons. The zero-order valence-corrected chi connectivity index (χ0v) is 29.5. The molecule has 0 spiro atoms. The predicted octanol–water partition coefficient (Wildman–Crippen LogP) is 13.4. The zero-order valence-electron chi connectivity index (χ0n) is 28.6. The number of thiophene rings is 1. The van der Waals surface area contributed by atoms with Crippen molar-refractivity contribution in [2.24, 2.45) is 0 Å². The van der Waals surface area contributed by atoms with Crippen LogP contribution in [0.25, 0.3) is 98.5 Å². The van der Waals surface area contributed by atoms with Crippen LogP contribution in [-0.2, 0) is 0 Å². The average molecular weight is 694 g/mol. The van der Waals surface area contributed by atoms with E-state index in [1.807, 2.05) is 47.7 Å². The Kier molecular flexibility index (Phi) is 7.67. The molecule has 0 saturated carbocycles. The van der Waals surface area contributed by atoms with Gasteiger partial charge in [-0.3, -0.25) is 0 Å². The highest BCUT2D eigenvalue weighted by molar-refractivity contribution is 7.26. The van der Waals surface area contributed by atoms with Crippen molar-refractivity contribution in [3.63, 3.8) is 0 Å². The van der Waals surface area contributed by atoms with Crippen LogP contribution in [0.3, 0.4) is 0 Å². The Bertz CT molecular complexity index is 2930. The molecule has 3 nitrogen and oxygen atoms in total. The molecule has 0 aliphatic carbocycles. The first-order valence-electron chi connectivity index (χ1n) is 17.8. The molecule has 8 aromatic carbocycles. The van der Waals surface area contributed by atoms with Crippen LogP contribution < -0.4 is 0 Å². The largest absolute Gasteiger partial charge is 0.208 e. The maximum Gasteiger partial charge on any atom is 0.164 e. The predicted molar refractivity (Wildman–Crippen MR) is 223 cm³/mol. The first-order chi connectivity index (χ1) is 26.2. The Hall–Kier alpha value is -6.75. The van der Waals surface area contributed by atoms with Gasteiger partial charge in [-0.25, -0.2) is 15.0 Å². The summed E-state index contributed by atoms with van der Waals surface area (Å²) < 4.78 is 2.64. The van der Waals surface area contributed by atoms with Crippen molar-refractivity contribution in [2.75, 3.05) is 0 Å². The van der Waals surface area contributed by atoms with E-state index in [0.717, 1.165) is 33.4 Å². The fourth-order valence-electron chi connectivity index (χ4n) is 7.29. The fraction of sp³-hybridized carbons (Fsp3) is 0. The summed E-state index contributed by atoms with van der Waals surface area (Å²) >= 11 is 1.88. The summed E-state index contributed by atoms with van der Waals surface area (Å²) in [5, 5.41) is 5.20. The minimum absolute atomic E-state index is 0.640. The Balaban J connectivity index is 1.05. The van der Waals surface area contributed by atoms with E-state index in [0.29, 0.717) is 17.5 Å². The van der Waals surface area contributed by atoms with E-state index in [1.54, 1.807) is 0 Å². The van der Waals surface area contributed by atoms with E-state index in [2.05, 4.69) is 152 Å². The summed E-state index contributed by atoms with van der Waals surface area (Å²) in [4.78, 5) is 15.0. The van der Waals surface area contributed by atoms with E-state index in [9.17, 15) is 0 Å². The Labute approximate surface area is 311 Å². The molecule has 0 amide bonds. The SMILES string of the molecule is c1ccc(-c2ccc(-c3nc(-c4ccccc4)nc(-c4cccc(-c5cccc(-c6cccc7sc8c9ccccc9ccc8c67)c5)c4)n3)cc2)cc1. The lowest BCUT2D eigenvalue weighted by Gasteiger charge is -2.11. The number of aromatic nitrogens is 3. The van der Waals surface area contributed by atoms with E-state index in [4.69, 9.17) is 15.0 Å². The molecule has 53 heavy (non-hydrogen) atoms. The third-order valence-corrected chi connectivity index (χ3v) is 11.1. The van der Waals surface area contributed by atoms with Crippen LogP contribution in [0, 0.1) is 0 Å². The Morgan fingerprint density at radius 1 is 0.321 bits per heavy atom. The minimum Gasteiger partial charge on any atom is -0.208 e. The smallest absolute Gasteiger partial charge is 0.164 e. The number of nitrogens with zero attached hydrogens (tertiary/aromatic N) is 3.